The molecule has 5 nitrogen and oxygen atoms in total. The molecule has 0 saturated carbocycles. The zero-order valence-electron chi connectivity index (χ0n) is 13.7. The van der Waals surface area contributed by atoms with Crippen molar-refractivity contribution >= 4 is 52.9 Å². The van der Waals surface area contributed by atoms with Crippen molar-refractivity contribution in [2.45, 2.75) is 23.7 Å². The lowest BCUT2D eigenvalue weighted by atomic mass is 9.93. The van der Waals surface area contributed by atoms with Crippen LogP contribution in [-0.4, -0.2) is 31.0 Å². The Morgan fingerprint density at radius 3 is 2.58 bits per heavy atom. The van der Waals surface area contributed by atoms with E-state index in [4.69, 9.17) is 4.52 Å². The summed E-state index contributed by atoms with van der Waals surface area (Å²) < 4.78 is 34.3. The third-order valence-electron chi connectivity index (χ3n) is 4.76. The van der Waals surface area contributed by atoms with Crippen LogP contribution in [0.1, 0.15) is 24.5 Å². The van der Waals surface area contributed by atoms with Gasteiger partial charge in [0.05, 0.1) is 10.6 Å². The fraction of sp³-hybridized carbons (Fsp3) is 0.278. The van der Waals surface area contributed by atoms with Crippen LogP contribution in [0, 0.1) is 0 Å². The van der Waals surface area contributed by atoms with Crippen molar-refractivity contribution < 1.29 is 12.9 Å². The molecule has 1 aliphatic heterocycles. The molecule has 0 spiro atoms. The van der Waals surface area contributed by atoms with E-state index in [-0.39, 0.29) is 10.8 Å². The van der Waals surface area contributed by atoms with Crippen LogP contribution in [0.4, 0.5) is 0 Å². The first kappa shape index (κ1) is 18.2. The van der Waals surface area contributed by atoms with Gasteiger partial charge < -0.3 is 4.52 Å². The van der Waals surface area contributed by atoms with Crippen molar-refractivity contribution in [3.63, 3.8) is 0 Å². The van der Waals surface area contributed by atoms with E-state index in [1.807, 2.05) is 30.3 Å². The van der Waals surface area contributed by atoms with Crippen LogP contribution in [0.2, 0.25) is 0 Å². The van der Waals surface area contributed by atoms with Crippen molar-refractivity contribution in [3.8, 4) is 0 Å². The summed E-state index contributed by atoms with van der Waals surface area (Å²) in [6, 6.07) is 13.0. The van der Waals surface area contributed by atoms with Crippen LogP contribution in [0.5, 0.6) is 0 Å². The predicted molar refractivity (Wildman–Crippen MR) is 107 cm³/mol. The molecule has 2 heterocycles. The molecule has 1 saturated heterocycles. The van der Waals surface area contributed by atoms with E-state index >= 15 is 0 Å². The minimum atomic E-state index is -3.54. The normalized spacial score (nSPS) is 17.0. The molecule has 0 aliphatic carbocycles. The summed E-state index contributed by atoms with van der Waals surface area (Å²) in [4.78, 5) is 0.289. The maximum Gasteiger partial charge on any atom is 0.244 e. The molecule has 2 aromatic carbocycles. The lowest BCUT2D eigenvalue weighted by Gasteiger charge is -2.30. The molecule has 0 bridgehead atoms. The van der Waals surface area contributed by atoms with E-state index < -0.39 is 10.0 Å². The number of para-hydroxylation sites is 1. The average Bonchev–Trinajstić information content (AvgIpc) is 3.08. The largest absolute Gasteiger partial charge is 0.356 e. The van der Waals surface area contributed by atoms with Crippen LogP contribution in [0.3, 0.4) is 0 Å². The van der Waals surface area contributed by atoms with Gasteiger partial charge in [0.25, 0.3) is 0 Å². The number of sulfonamides is 1. The zero-order chi connectivity index (χ0) is 18.3. The Kier molecular flexibility index (Phi) is 4.94. The Bertz CT molecular complexity index is 1060. The van der Waals surface area contributed by atoms with Gasteiger partial charge in [-0.25, -0.2) is 8.42 Å². The maximum atomic E-state index is 13.0. The number of rotatable bonds is 3. The van der Waals surface area contributed by atoms with E-state index in [2.05, 4.69) is 37.0 Å². The molecule has 4 rings (SSSR count). The van der Waals surface area contributed by atoms with Crippen molar-refractivity contribution in [2.75, 3.05) is 13.1 Å². The number of fused-ring (bicyclic) bond motifs is 1. The first-order chi connectivity index (χ1) is 12.5. The van der Waals surface area contributed by atoms with Gasteiger partial charge in [0, 0.05) is 33.3 Å². The minimum Gasteiger partial charge on any atom is -0.356 e. The summed E-state index contributed by atoms with van der Waals surface area (Å²) in [7, 11) is -3.54. The Hall–Kier alpha value is -1.22. The highest BCUT2D eigenvalue weighted by Gasteiger charge is 2.32. The van der Waals surface area contributed by atoms with Gasteiger partial charge in [-0.3, -0.25) is 0 Å². The number of benzene rings is 2. The van der Waals surface area contributed by atoms with E-state index in [9.17, 15) is 8.42 Å². The SMILES string of the molecule is O=S(=O)(c1cc(Br)ccc1Br)N1CCC(c2noc3ccccc23)CC1. The van der Waals surface area contributed by atoms with Crippen molar-refractivity contribution in [1.29, 1.82) is 0 Å². The molecule has 26 heavy (non-hydrogen) atoms. The fourth-order valence-electron chi connectivity index (χ4n) is 3.38. The highest BCUT2D eigenvalue weighted by atomic mass is 79.9. The minimum absolute atomic E-state index is 0.205. The molecular weight excluding hydrogens is 484 g/mol. The lowest BCUT2D eigenvalue weighted by molar-refractivity contribution is 0.310. The molecule has 0 amide bonds. The summed E-state index contributed by atoms with van der Waals surface area (Å²) in [6.45, 7) is 0.931. The van der Waals surface area contributed by atoms with E-state index in [1.54, 1.807) is 16.4 Å². The van der Waals surface area contributed by atoms with Gasteiger partial charge in [-0.2, -0.15) is 4.31 Å². The third-order valence-corrected chi connectivity index (χ3v) is 8.14. The number of hydrogen-bond donors (Lipinski definition) is 0. The summed E-state index contributed by atoms with van der Waals surface area (Å²) in [5.41, 5.74) is 1.71. The highest BCUT2D eigenvalue weighted by Crippen LogP contribution is 2.35. The molecule has 0 atom stereocenters. The topological polar surface area (TPSA) is 63.4 Å². The molecule has 1 fully saturated rings. The molecule has 0 radical (unpaired) electrons. The first-order valence-electron chi connectivity index (χ1n) is 8.26. The molecule has 0 unspecified atom stereocenters. The number of halogens is 2. The number of hydrogen-bond acceptors (Lipinski definition) is 4. The zero-order valence-corrected chi connectivity index (χ0v) is 17.7. The van der Waals surface area contributed by atoms with Gasteiger partial charge >= 0.3 is 0 Å². The molecule has 3 aromatic rings. The summed E-state index contributed by atoms with van der Waals surface area (Å²) in [5.74, 6) is 0.205. The molecule has 0 N–H and O–H groups in total. The number of aromatic nitrogens is 1. The smallest absolute Gasteiger partial charge is 0.244 e. The number of nitrogens with zero attached hydrogens (tertiary/aromatic N) is 2. The molecule has 1 aliphatic rings. The highest BCUT2D eigenvalue weighted by molar-refractivity contribution is 9.11. The Balaban J connectivity index is 1.55. The summed E-state index contributed by atoms with van der Waals surface area (Å²) in [5, 5.41) is 5.25. The van der Waals surface area contributed by atoms with Gasteiger partial charge in [-0.1, -0.05) is 33.2 Å². The Labute approximate surface area is 168 Å². The van der Waals surface area contributed by atoms with Crippen molar-refractivity contribution in [2.24, 2.45) is 0 Å². The Morgan fingerprint density at radius 2 is 1.81 bits per heavy atom. The first-order valence-corrected chi connectivity index (χ1v) is 11.3. The number of piperidine rings is 1. The maximum absolute atomic E-state index is 13.0. The van der Waals surface area contributed by atoms with Crippen LogP contribution >= 0.6 is 31.9 Å². The molecule has 1 aromatic heterocycles. The average molecular weight is 500 g/mol. The van der Waals surface area contributed by atoms with Gasteiger partial charge in [0.2, 0.25) is 10.0 Å². The second-order valence-corrected chi connectivity index (χ2v) is 9.99. The fourth-order valence-corrected chi connectivity index (χ4v) is 6.32. The van der Waals surface area contributed by atoms with Gasteiger partial charge in [-0.05, 0) is 59.1 Å². The van der Waals surface area contributed by atoms with Crippen LogP contribution in [-0.2, 0) is 10.0 Å². The standard InChI is InChI=1S/C18H16Br2N2O3S/c19-13-5-6-15(20)17(11-13)26(23,24)22-9-7-12(8-10-22)18-14-3-1-2-4-16(14)25-21-18/h1-6,11-12H,7-10H2. The summed E-state index contributed by atoms with van der Waals surface area (Å²) in [6.07, 6.45) is 1.45. The van der Waals surface area contributed by atoms with Crippen LogP contribution in [0.15, 0.2) is 60.8 Å². The second-order valence-electron chi connectivity index (χ2n) is 6.32. The van der Waals surface area contributed by atoms with E-state index in [0.29, 0.717) is 17.6 Å². The van der Waals surface area contributed by atoms with Crippen LogP contribution < -0.4 is 0 Å². The van der Waals surface area contributed by atoms with E-state index in [0.717, 1.165) is 34.0 Å². The molecule has 136 valence electrons. The van der Waals surface area contributed by atoms with Crippen molar-refractivity contribution in [3.05, 3.63) is 57.1 Å². The third kappa shape index (κ3) is 3.24. The quantitative estimate of drug-likeness (QED) is 0.513. The van der Waals surface area contributed by atoms with Gasteiger partial charge in [-0.15, -0.1) is 0 Å². The molecule has 8 heteroatoms. The monoisotopic (exact) mass is 498 g/mol. The summed E-state index contributed by atoms with van der Waals surface area (Å²) >= 11 is 6.70. The lowest BCUT2D eigenvalue weighted by Crippen LogP contribution is -2.38. The van der Waals surface area contributed by atoms with Gasteiger partial charge in [0.15, 0.2) is 5.58 Å². The Morgan fingerprint density at radius 1 is 1.08 bits per heavy atom. The van der Waals surface area contributed by atoms with E-state index in [1.165, 1.54) is 0 Å². The molecular formula is C18H16Br2N2O3S. The van der Waals surface area contributed by atoms with Gasteiger partial charge in [0.1, 0.15) is 0 Å². The second kappa shape index (κ2) is 7.07. The predicted octanol–water partition coefficient (Wildman–Crippen LogP) is 4.92. The van der Waals surface area contributed by atoms with Crippen LogP contribution in [0.25, 0.3) is 11.0 Å². The van der Waals surface area contributed by atoms with Crippen molar-refractivity contribution in [1.82, 2.24) is 9.46 Å².